The Labute approximate surface area is 114 Å². The van der Waals surface area contributed by atoms with E-state index in [-0.39, 0.29) is 5.92 Å². The fraction of sp³-hybridized carbons (Fsp3) is 0.200. The molecule has 3 heteroatoms. The summed E-state index contributed by atoms with van der Waals surface area (Å²) in [4.78, 5) is 0. The topological polar surface area (TPSA) is 29.5 Å². The monoisotopic (exact) mass is 304 g/mol. The number of fused-ring (bicyclic) bond motifs is 1. The third kappa shape index (κ3) is 2.04. The summed E-state index contributed by atoms with van der Waals surface area (Å²) in [6, 6.07) is 16.0. The number of aliphatic hydroxyl groups is 1. The van der Waals surface area contributed by atoms with Crippen LogP contribution in [0.4, 0.5) is 0 Å². The predicted octanol–water partition coefficient (Wildman–Crippen LogP) is 3.33. The van der Waals surface area contributed by atoms with Crippen LogP contribution in [0.5, 0.6) is 5.75 Å². The fourth-order valence-electron chi connectivity index (χ4n) is 2.43. The van der Waals surface area contributed by atoms with E-state index >= 15 is 0 Å². The largest absolute Gasteiger partial charge is 0.491 e. The molecule has 0 amide bonds. The molecule has 0 saturated carbocycles. The number of halogens is 1. The van der Waals surface area contributed by atoms with Crippen molar-refractivity contribution in [3.8, 4) is 5.75 Å². The number of rotatable bonds is 1. The van der Waals surface area contributed by atoms with Crippen molar-refractivity contribution in [3.63, 3.8) is 0 Å². The Morgan fingerprint density at radius 2 is 1.89 bits per heavy atom. The summed E-state index contributed by atoms with van der Waals surface area (Å²) in [5, 5.41) is 10.2. The summed E-state index contributed by atoms with van der Waals surface area (Å²) in [6.45, 7) is 0.341. The van der Waals surface area contributed by atoms with Gasteiger partial charge in [0.1, 0.15) is 12.4 Å². The van der Waals surface area contributed by atoms with Crippen LogP contribution in [-0.4, -0.2) is 17.8 Å². The molecule has 18 heavy (non-hydrogen) atoms. The zero-order chi connectivity index (χ0) is 12.5. The zero-order valence-electron chi connectivity index (χ0n) is 9.71. The number of hydrogen-bond acceptors (Lipinski definition) is 2. The van der Waals surface area contributed by atoms with Gasteiger partial charge in [-0.1, -0.05) is 46.3 Å². The van der Waals surface area contributed by atoms with Gasteiger partial charge in [-0.2, -0.15) is 0 Å². The second kappa shape index (κ2) is 4.75. The van der Waals surface area contributed by atoms with Gasteiger partial charge < -0.3 is 9.84 Å². The molecule has 2 aromatic carbocycles. The van der Waals surface area contributed by atoms with Crippen LogP contribution in [0.1, 0.15) is 17.0 Å². The quantitative estimate of drug-likeness (QED) is 0.875. The highest BCUT2D eigenvalue weighted by atomic mass is 79.9. The van der Waals surface area contributed by atoms with E-state index in [0.717, 1.165) is 21.3 Å². The normalized spacial score (nSPS) is 22.1. The lowest BCUT2D eigenvalue weighted by Gasteiger charge is -2.31. The molecule has 1 N–H and O–H groups in total. The number of benzene rings is 2. The Bertz CT molecular complexity index is 554. The van der Waals surface area contributed by atoms with Gasteiger partial charge in [0.15, 0.2) is 0 Å². The summed E-state index contributed by atoms with van der Waals surface area (Å²) in [6.07, 6.45) is -0.505. The van der Waals surface area contributed by atoms with Crippen LogP contribution in [0.25, 0.3) is 0 Å². The minimum Gasteiger partial charge on any atom is -0.491 e. The summed E-state index contributed by atoms with van der Waals surface area (Å²) >= 11 is 3.47. The van der Waals surface area contributed by atoms with E-state index in [1.807, 2.05) is 48.5 Å². The molecular weight excluding hydrogens is 292 g/mol. The van der Waals surface area contributed by atoms with Crippen LogP contribution >= 0.6 is 15.9 Å². The summed E-state index contributed by atoms with van der Waals surface area (Å²) in [5.41, 5.74) is 2.15. The maximum atomic E-state index is 10.2. The molecule has 0 fully saturated rings. The lowest BCUT2D eigenvalue weighted by atomic mass is 9.85. The van der Waals surface area contributed by atoms with E-state index < -0.39 is 6.10 Å². The third-order valence-electron chi connectivity index (χ3n) is 3.26. The number of hydrogen-bond donors (Lipinski definition) is 1. The summed E-state index contributed by atoms with van der Waals surface area (Å²) in [5.74, 6) is 0.838. The molecule has 1 heterocycles. The molecular formula is C15H13BrO2. The highest BCUT2D eigenvalue weighted by molar-refractivity contribution is 9.10. The number of aliphatic hydroxyl groups excluding tert-OH is 1. The van der Waals surface area contributed by atoms with Gasteiger partial charge in [-0.3, -0.25) is 0 Å². The average Bonchev–Trinajstić information content (AvgIpc) is 2.39. The lowest BCUT2D eigenvalue weighted by Crippen LogP contribution is -2.31. The smallest absolute Gasteiger partial charge is 0.123 e. The SMILES string of the molecule is O[C@H]1COc2ccc(Br)cc2[C@@H]1c1ccccc1. The molecule has 1 aliphatic heterocycles. The van der Waals surface area contributed by atoms with Crippen molar-refractivity contribution in [3.05, 3.63) is 64.1 Å². The van der Waals surface area contributed by atoms with Crippen molar-refractivity contribution in [1.82, 2.24) is 0 Å². The van der Waals surface area contributed by atoms with Crippen LogP contribution in [0.2, 0.25) is 0 Å². The first-order valence-electron chi connectivity index (χ1n) is 5.91. The van der Waals surface area contributed by atoms with Crippen LogP contribution in [0.15, 0.2) is 53.0 Å². The van der Waals surface area contributed by atoms with Crippen molar-refractivity contribution in [2.75, 3.05) is 6.61 Å². The molecule has 0 spiro atoms. The van der Waals surface area contributed by atoms with Gasteiger partial charge in [0, 0.05) is 16.0 Å². The van der Waals surface area contributed by atoms with Gasteiger partial charge in [-0.05, 0) is 23.8 Å². The first-order chi connectivity index (χ1) is 8.75. The van der Waals surface area contributed by atoms with Gasteiger partial charge >= 0.3 is 0 Å². The van der Waals surface area contributed by atoms with Crippen molar-refractivity contribution in [2.24, 2.45) is 0 Å². The molecule has 2 atom stereocenters. The molecule has 3 rings (SSSR count). The van der Waals surface area contributed by atoms with E-state index in [9.17, 15) is 5.11 Å². The van der Waals surface area contributed by atoms with Crippen molar-refractivity contribution in [1.29, 1.82) is 0 Å². The van der Waals surface area contributed by atoms with Crippen LogP contribution in [0, 0.1) is 0 Å². The Hall–Kier alpha value is -1.32. The Balaban J connectivity index is 2.12. The van der Waals surface area contributed by atoms with Crippen molar-refractivity contribution < 1.29 is 9.84 Å². The standard InChI is InChI=1S/C15H13BrO2/c16-11-6-7-14-12(8-11)15(13(17)9-18-14)10-4-2-1-3-5-10/h1-8,13,15,17H,9H2/t13-,15-/m0/s1. The van der Waals surface area contributed by atoms with E-state index in [1.54, 1.807) is 0 Å². The van der Waals surface area contributed by atoms with Gasteiger partial charge in [0.2, 0.25) is 0 Å². The van der Waals surface area contributed by atoms with Gasteiger partial charge in [-0.15, -0.1) is 0 Å². The second-order valence-corrected chi connectivity index (χ2v) is 5.36. The molecule has 0 radical (unpaired) electrons. The molecule has 0 bridgehead atoms. The van der Waals surface area contributed by atoms with E-state index in [2.05, 4.69) is 15.9 Å². The van der Waals surface area contributed by atoms with Gasteiger partial charge in [0.05, 0.1) is 6.10 Å². The Kier molecular flexibility index (Phi) is 3.10. The Morgan fingerprint density at radius 1 is 1.11 bits per heavy atom. The minimum absolute atomic E-state index is 0.0209. The highest BCUT2D eigenvalue weighted by Gasteiger charge is 2.30. The first kappa shape index (κ1) is 11.8. The maximum Gasteiger partial charge on any atom is 0.123 e. The molecule has 2 aromatic rings. The molecule has 0 saturated heterocycles. The molecule has 1 aliphatic rings. The van der Waals surface area contributed by atoms with Crippen LogP contribution in [0.3, 0.4) is 0 Å². The van der Waals surface area contributed by atoms with Crippen molar-refractivity contribution in [2.45, 2.75) is 12.0 Å². The molecule has 0 aliphatic carbocycles. The lowest BCUT2D eigenvalue weighted by molar-refractivity contribution is 0.0771. The third-order valence-corrected chi connectivity index (χ3v) is 3.75. The second-order valence-electron chi connectivity index (χ2n) is 4.45. The van der Waals surface area contributed by atoms with E-state index in [0.29, 0.717) is 6.61 Å². The molecule has 92 valence electrons. The molecule has 0 aromatic heterocycles. The first-order valence-corrected chi connectivity index (χ1v) is 6.70. The van der Waals surface area contributed by atoms with E-state index in [4.69, 9.17) is 4.74 Å². The predicted molar refractivity (Wildman–Crippen MR) is 73.9 cm³/mol. The van der Waals surface area contributed by atoms with Crippen molar-refractivity contribution >= 4 is 15.9 Å². The van der Waals surface area contributed by atoms with Crippen LogP contribution < -0.4 is 4.74 Å². The zero-order valence-corrected chi connectivity index (χ0v) is 11.3. The summed E-state index contributed by atoms with van der Waals surface area (Å²) in [7, 11) is 0. The molecule has 2 nitrogen and oxygen atoms in total. The molecule has 0 unspecified atom stereocenters. The summed E-state index contributed by atoms with van der Waals surface area (Å²) < 4.78 is 6.57. The Morgan fingerprint density at radius 3 is 2.67 bits per heavy atom. The van der Waals surface area contributed by atoms with Gasteiger partial charge in [0.25, 0.3) is 0 Å². The minimum atomic E-state index is -0.505. The number of ether oxygens (including phenoxy) is 1. The van der Waals surface area contributed by atoms with Crippen LogP contribution in [-0.2, 0) is 0 Å². The maximum absolute atomic E-state index is 10.2. The van der Waals surface area contributed by atoms with Gasteiger partial charge in [-0.25, -0.2) is 0 Å². The average molecular weight is 305 g/mol. The van der Waals surface area contributed by atoms with E-state index in [1.165, 1.54) is 0 Å². The highest BCUT2D eigenvalue weighted by Crippen LogP contribution is 2.39. The fourth-order valence-corrected chi connectivity index (χ4v) is 2.81.